The number of fused-ring (bicyclic) bond motifs is 1. The van der Waals surface area contributed by atoms with Crippen LogP contribution in [0.2, 0.25) is 0 Å². The highest BCUT2D eigenvalue weighted by molar-refractivity contribution is 8.00. The zero-order chi connectivity index (χ0) is 27.7. The lowest BCUT2D eigenvalue weighted by Gasteiger charge is -2.16. The Labute approximate surface area is 222 Å². The third kappa shape index (κ3) is 5.36. The number of non-ortho nitro benzene ring substituents is 1. The van der Waals surface area contributed by atoms with Crippen molar-refractivity contribution in [3.05, 3.63) is 82.4 Å². The number of ether oxygens (including phenoxy) is 2. The van der Waals surface area contributed by atoms with E-state index in [1.165, 1.54) is 6.92 Å². The van der Waals surface area contributed by atoms with Crippen molar-refractivity contribution in [1.29, 1.82) is 0 Å². The molecule has 4 aromatic rings. The number of amides is 1. The molecule has 1 aliphatic rings. The fraction of sp³-hybridized carbons (Fsp3) is 0.160. The monoisotopic (exact) mass is 557 g/mol. The van der Waals surface area contributed by atoms with E-state index < -0.39 is 39.2 Å². The molecule has 5 rings (SSSR count). The van der Waals surface area contributed by atoms with E-state index in [9.17, 15) is 28.1 Å². The van der Waals surface area contributed by atoms with Crippen molar-refractivity contribution in [2.75, 3.05) is 12.1 Å². The molecule has 1 aliphatic heterocycles. The molecule has 0 saturated heterocycles. The number of para-hydroxylation sites is 1. The zero-order valence-electron chi connectivity index (χ0n) is 20.0. The largest absolute Gasteiger partial charge is 0.454 e. The van der Waals surface area contributed by atoms with E-state index in [1.54, 1.807) is 22.8 Å². The molecule has 200 valence electrons. The molecule has 0 fully saturated rings. The Kier molecular flexibility index (Phi) is 6.87. The molecule has 1 amide bonds. The first-order chi connectivity index (χ1) is 18.6. The van der Waals surface area contributed by atoms with Gasteiger partial charge in [0, 0.05) is 23.4 Å². The molecule has 1 atom stereocenters. The molecule has 1 aromatic heterocycles. The summed E-state index contributed by atoms with van der Waals surface area (Å²) in [7, 11) is 0. The number of alkyl halides is 3. The fourth-order valence-corrected chi connectivity index (χ4v) is 4.68. The number of rotatable bonds is 7. The highest BCUT2D eigenvalue weighted by Gasteiger charge is 2.36. The number of nitro benzene ring substituents is 1. The van der Waals surface area contributed by atoms with E-state index in [4.69, 9.17) is 9.47 Å². The number of halogens is 3. The first-order valence-electron chi connectivity index (χ1n) is 11.4. The van der Waals surface area contributed by atoms with Gasteiger partial charge in [-0.15, -0.1) is 10.2 Å². The summed E-state index contributed by atoms with van der Waals surface area (Å²) in [5, 5.41) is 21.1. The predicted molar refractivity (Wildman–Crippen MR) is 135 cm³/mol. The average molecular weight is 558 g/mol. The average Bonchev–Trinajstić information content (AvgIpc) is 3.55. The van der Waals surface area contributed by atoms with Gasteiger partial charge >= 0.3 is 6.18 Å². The van der Waals surface area contributed by atoms with E-state index in [-0.39, 0.29) is 6.79 Å². The molecule has 1 N–H and O–H groups in total. The molecular weight excluding hydrogens is 539 g/mol. The first-order valence-corrected chi connectivity index (χ1v) is 12.2. The number of anilines is 1. The first kappa shape index (κ1) is 26.0. The standard InChI is InChI=1S/C25H18F3N5O5S/c1-14(23(34)29-19-9-8-17(33(35)36)12-18(19)25(26,27)28)39-24-31-30-22(32(24)16-5-3-2-4-6-16)15-7-10-20-21(11-15)38-13-37-20/h2-12,14H,13H2,1H3,(H,29,34)/t14-/m1/s1. The molecule has 0 bridgehead atoms. The van der Waals surface area contributed by atoms with Crippen molar-refractivity contribution in [1.82, 2.24) is 14.8 Å². The van der Waals surface area contributed by atoms with Crippen LogP contribution in [-0.2, 0) is 11.0 Å². The molecule has 0 saturated carbocycles. The lowest BCUT2D eigenvalue weighted by molar-refractivity contribution is -0.385. The summed E-state index contributed by atoms with van der Waals surface area (Å²) in [6.45, 7) is 1.60. The number of benzene rings is 3. The number of nitro groups is 1. The Hall–Kier alpha value is -4.59. The highest BCUT2D eigenvalue weighted by atomic mass is 32.2. The summed E-state index contributed by atoms with van der Waals surface area (Å²) in [6, 6.07) is 16.5. The number of carbonyl (C=O) groups is 1. The molecule has 2 heterocycles. The predicted octanol–water partition coefficient (Wildman–Crippen LogP) is 5.71. The molecule has 10 nitrogen and oxygen atoms in total. The van der Waals surface area contributed by atoms with Gasteiger partial charge in [-0.2, -0.15) is 13.2 Å². The van der Waals surface area contributed by atoms with Gasteiger partial charge in [-0.05, 0) is 43.3 Å². The van der Waals surface area contributed by atoms with Crippen molar-refractivity contribution in [2.45, 2.75) is 23.5 Å². The zero-order valence-corrected chi connectivity index (χ0v) is 20.8. The van der Waals surface area contributed by atoms with Gasteiger partial charge < -0.3 is 14.8 Å². The Morgan fingerprint density at radius 2 is 1.82 bits per heavy atom. The number of hydrogen-bond donors (Lipinski definition) is 1. The van der Waals surface area contributed by atoms with E-state index >= 15 is 0 Å². The van der Waals surface area contributed by atoms with Gasteiger partial charge in [-0.3, -0.25) is 19.5 Å². The lowest BCUT2D eigenvalue weighted by Crippen LogP contribution is -2.24. The van der Waals surface area contributed by atoms with Crippen LogP contribution in [0.5, 0.6) is 11.5 Å². The summed E-state index contributed by atoms with van der Waals surface area (Å²) in [5.74, 6) is 0.824. The van der Waals surface area contributed by atoms with Crippen molar-refractivity contribution in [3.63, 3.8) is 0 Å². The number of carbonyl (C=O) groups excluding carboxylic acids is 1. The summed E-state index contributed by atoms with van der Waals surface area (Å²) in [5.41, 5.74) is -1.29. The Balaban J connectivity index is 1.44. The molecular formula is C25H18F3N5O5S. The second kappa shape index (κ2) is 10.3. The van der Waals surface area contributed by atoms with Crippen LogP contribution in [0.1, 0.15) is 12.5 Å². The van der Waals surface area contributed by atoms with Crippen LogP contribution in [-0.4, -0.2) is 37.6 Å². The fourth-order valence-electron chi connectivity index (χ4n) is 3.81. The maximum Gasteiger partial charge on any atom is 0.418 e. The molecule has 0 spiro atoms. The van der Waals surface area contributed by atoms with Crippen molar-refractivity contribution in [3.8, 4) is 28.6 Å². The maximum absolute atomic E-state index is 13.6. The van der Waals surface area contributed by atoms with Gasteiger partial charge in [-0.25, -0.2) is 0 Å². The molecule has 39 heavy (non-hydrogen) atoms. The highest BCUT2D eigenvalue weighted by Crippen LogP contribution is 2.39. The van der Waals surface area contributed by atoms with Gasteiger partial charge in [0.15, 0.2) is 22.5 Å². The number of aromatic nitrogens is 3. The summed E-state index contributed by atoms with van der Waals surface area (Å²) in [4.78, 5) is 23.0. The van der Waals surface area contributed by atoms with E-state index in [1.807, 2.05) is 30.3 Å². The van der Waals surface area contributed by atoms with E-state index in [2.05, 4.69) is 15.5 Å². The van der Waals surface area contributed by atoms with Crippen molar-refractivity contribution < 1.29 is 32.4 Å². The topological polar surface area (TPSA) is 121 Å². The van der Waals surface area contributed by atoms with Gasteiger partial charge in [0.2, 0.25) is 12.7 Å². The second-order valence-corrected chi connectivity index (χ2v) is 9.59. The van der Waals surface area contributed by atoms with E-state index in [0.717, 1.165) is 23.9 Å². The smallest absolute Gasteiger partial charge is 0.418 e. The minimum Gasteiger partial charge on any atom is -0.454 e. The number of nitrogens with one attached hydrogen (secondary N) is 1. The van der Waals surface area contributed by atoms with Crippen LogP contribution in [0.3, 0.4) is 0 Å². The van der Waals surface area contributed by atoms with E-state index in [0.29, 0.717) is 39.8 Å². The molecule has 0 unspecified atom stereocenters. The van der Waals surface area contributed by atoms with Gasteiger partial charge in [0.05, 0.1) is 21.4 Å². The minimum absolute atomic E-state index is 0.0999. The van der Waals surface area contributed by atoms with Crippen LogP contribution in [0.4, 0.5) is 24.5 Å². The normalized spacial score (nSPS) is 13.2. The third-order valence-electron chi connectivity index (χ3n) is 5.71. The Bertz CT molecular complexity index is 1560. The second-order valence-electron chi connectivity index (χ2n) is 8.28. The van der Waals surface area contributed by atoms with Crippen LogP contribution < -0.4 is 14.8 Å². The molecule has 3 aromatic carbocycles. The summed E-state index contributed by atoms with van der Waals surface area (Å²) in [6.07, 6.45) is -4.92. The number of nitrogens with zero attached hydrogens (tertiary/aromatic N) is 4. The minimum atomic E-state index is -4.92. The third-order valence-corrected chi connectivity index (χ3v) is 6.75. The van der Waals surface area contributed by atoms with Gasteiger partial charge in [-0.1, -0.05) is 30.0 Å². The molecule has 14 heteroatoms. The maximum atomic E-state index is 13.6. The van der Waals surface area contributed by atoms with Gasteiger partial charge in [0.1, 0.15) is 0 Å². The van der Waals surface area contributed by atoms with Crippen LogP contribution >= 0.6 is 11.8 Å². The van der Waals surface area contributed by atoms with Crippen LogP contribution in [0.15, 0.2) is 71.9 Å². The summed E-state index contributed by atoms with van der Waals surface area (Å²) >= 11 is 0.987. The molecule has 0 aliphatic carbocycles. The van der Waals surface area contributed by atoms with Crippen molar-refractivity contribution in [2.24, 2.45) is 0 Å². The van der Waals surface area contributed by atoms with Gasteiger partial charge in [0.25, 0.3) is 5.69 Å². The lowest BCUT2D eigenvalue weighted by atomic mass is 10.1. The molecule has 0 radical (unpaired) electrons. The Morgan fingerprint density at radius 1 is 1.08 bits per heavy atom. The number of hydrogen-bond acceptors (Lipinski definition) is 8. The summed E-state index contributed by atoms with van der Waals surface area (Å²) < 4.78 is 53.2. The quantitative estimate of drug-likeness (QED) is 0.174. The van der Waals surface area contributed by atoms with Crippen LogP contribution in [0.25, 0.3) is 17.1 Å². The van der Waals surface area contributed by atoms with Crippen molar-refractivity contribution >= 4 is 29.0 Å². The Morgan fingerprint density at radius 3 is 2.54 bits per heavy atom. The number of thioether (sulfide) groups is 1. The van der Waals surface area contributed by atoms with Crippen LogP contribution in [0, 0.1) is 10.1 Å². The SMILES string of the molecule is C[C@@H](Sc1nnc(-c2ccc3c(c2)OCO3)n1-c1ccccc1)C(=O)Nc1ccc([N+](=O)[O-])cc1C(F)(F)F.